The molecule has 2 rings (SSSR count). The predicted octanol–water partition coefficient (Wildman–Crippen LogP) is 2.71. The molecule has 0 aliphatic carbocycles. The second-order valence-electron chi connectivity index (χ2n) is 2.33. The van der Waals surface area contributed by atoms with Gasteiger partial charge in [-0.25, -0.2) is 0 Å². The van der Waals surface area contributed by atoms with E-state index >= 15 is 0 Å². The van der Waals surface area contributed by atoms with Gasteiger partial charge in [-0.05, 0) is 29.3 Å². The molecule has 0 aliphatic rings. The van der Waals surface area contributed by atoms with Crippen molar-refractivity contribution in [1.82, 2.24) is 5.16 Å². The second kappa shape index (κ2) is 2.51. The zero-order chi connectivity index (χ0) is 7.68. The van der Waals surface area contributed by atoms with Crippen molar-refractivity contribution < 1.29 is 4.52 Å². The van der Waals surface area contributed by atoms with Crippen molar-refractivity contribution in [3.63, 3.8) is 0 Å². The summed E-state index contributed by atoms with van der Waals surface area (Å²) >= 11 is 1.68. The Bertz CT molecular complexity index is 337. The Kier molecular flexibility index (Phi) is 1.51. The summed E-state index contributed by atoms with van der Waals surface area (Å²) in [6.45, 7) is 1.94. The molecule has 3 heteroatoms. The van der Waals surface area contributed by atoms with Gasteiger partial charge in [-0.1, -0.05) is 5.16 Å². The molecular weight excluding hydrogens is 158 g/mol. The number of rotatable bonds is 1. The number of aryl methyl sites for hydroxylation is 1. The molecule has 56 valence electrons. The summed E-state index contributed by atoms with van der Waals surface area (Å²) in [5.74, 6) is 0. The number of hydrogen-bond donors (Lipinski definition) is 0. The van der Waals surface area contributed by atoms with E-state index in [4.69, 9.17) is 4.52 Å². The quantitative estimate of drug-likeness (QED) is 0.649. The maximum Gasteiger partial charge on any atom is 0.131 e. The van der Waals surface area contributed by atoms with Crippen LogP contribution in [0.4, 0.5) is 0 Å². The first-order chi connectivity index (χ1) is 5.38. The van der Waals surface area contributed by atoms with Crippen LogP contribution in [0.1, 0.15) is 5.69 Å². The Morgan fingerprint density at radius 1 is 1.55 bits per heavy atom. The van der Waals surface area contributed by atoms with Crippen molar-refractivity contribution in [2.24, 2.45) is 0 Å². The monoisotopic (exact) mass is 165 g/mol. The molecule has 0 N–H and O–H groups in total. The van der Waals surface area contributed by atoms with Gasteiger partial charge in [-0.3, -0.25) is 0 Å². The van der Waals surface area contributed by atoms with Crippen LogP contribution >= 0.6 is 11.3 Å². The van der Waals surface area contributed by atoms with Crippen molar-refractivity contribution in [2.45, 2.75) is 6.92 Å². The minimum Gasteiger partial charge on any atom is -0.364 e. The first-order valence-corrected chi connectivity index (χ1v) is 4.26. The molecule has 2 aromatic rings. The number of hydrogen-bond acceptors (Lipinski definition) is 3. The van der Waals surface area contributed by atoms with Gasteiger partial charge in [0.2, 0.25) is 0 Å². The second-order valence-corrected chi connectivity index (χ2v) is 3.11. The summed E-state index contributed by atoms with van der Waals surface area (Å²) in [6.07, 6.45) is 1.68. The molecule has 0 aromatic carbocycles. The standard InChI is InChI=1S/C8H7NOS/c1-6-8(4-10-9-6)7-2-3-11-5-7/h2-5H,1H3. The molecule has 2 nitrogen and oxygen atoms in total. The highest BCUT2D eigenvalue weighted by Crippen LogP contribution is 2.24. The van der Waals surface area contributed by atoms with Gasteiger partial charge in [0.05, 0.1) is 5.69 Å². The Labute approximate surface area is 68.5 Å². The van der Waals surface area contributed by atoms with E-state index in [1.807, 2.05) is 12.3 Å². The van der Waals surface area contributed by atoms with Crippen LogP contribution in [-0.2, 0) is 0 Å². The Hall–Kier alpha value is -1.09. The third-order valence-electron chi connectivity index (χ3n) is 1.58. The van der Waals surface area contributed by atoms with Crippen molar-refractivity contribution in [3.05, 3.63) is 28.8 Å². The predicted molar refractivity (Wildman–Crippen MR) is 44.6 cm³/mol. The zero-order valence-electron chi connectivity index (χ0n) is 6.07. The Balaban J connectivity index is 2.53. The first kappa shape index (κ1) is 6.61. The molecule has 0 unspecified atom stereocenters. The highest BCUT2D eigenvalue weighted by Gasteiger charge is 2.04. The minimum atomic E-state index is 0.948. The van der Waals surface area contributed by atoms with E-state index in [-0.39, 0.29) is 0 Å². The molecule has 0 saturated carbocycles. The maximum atomic E-state index is 4.82. The molecule has 2 heterocycles. The van der Waals surface area contributed by atoms with Gasteiger partial charge in [-0.2, -0.15) is 11.3 Å². The van der Waals surface area contributed by atoms with Crippen LogP contribution in [0.5, 0.6) is 0 Å². The summed E-state index contributed by atoms with van der Waals surface area (Å²) in [5, 5.41) is 7.93. The van der Waals surface area contributed by atoms with Gasteiger partial charge >= 0.3 is 0 Å². The van der Waals surface area contributed by atoms with Crippen LogP contribution in [0.15, 0.2) is 27.6 Å². The van der Waals surface area contributed by atoms with Crippen LogP contribution in [0.3, 0.4) is 0 Å². The van der Waals surface area contributed by atoms with E-state index < -0.39 is 0 Å². The molecular formula is C8H7NOS. The maximum absolute atomic E-state index is 4.82. The van der Waals surface area contributed by atoms with E-state index in [9.17, 15) is 0 Å². The smallest absolute Gasteiger partial charge is 0.131 e. The lowest BCUT2D eigenvalue weighted by molar-refractivity contribution is 0.415. The molecule has 2 aromatic heterocycles. The molecule has 0 bridgehead atoms. The average Bonchev–Trinajstić information content (AvgIpc) is 2.55. The third-order valence-corrected chi connectivity index (χ3v) is 2.27. The molecule has 0 fully saturated rings. The number of nitrogens with zero attached hydrogens (tertiary/aromatic N) is 1. The van der Waals surface area contributed by atoms with Crippen LogP contribution in [0.25, 0.3) is 11.1 Å². The fourth-order valence-corrected chi connectivity index (χ4v) is 1.64. The largest absolute Gasteiger partial charge is 0.364 e. The van der Waals surface area contributed by atoms with E-state index in [0.717, 1.165) is 11.3 Å². The first-order valence-electron chi connectivity index (χ1n) is 3.31. The van der Waals surface area contributed by atoms with Gasteiger partial charge in [0.25, 0.3) is 0 Å². The summed E-state index contributed by atoms with van der Waals surface area (Å²) in [7, 11) is 0. The SMILES string of the molecule is Cc1nocc1-c1ccsc1. The topological polar surface area (TPSA) is 26.0 Å². The van der Waals surface area contributed by atoms with Gasteiger partial charge in [0, 0.05) is 5.56 Å². The van der Waals surface area contributed by atoms with E-state index in [1.54, 1.807) is 17.6 Å². The minimum absolute atomic E-state index is 0.948. The summed E-state index contributed by atoms with van der Waals surface area (Å²) in [5.41, 5.74) is 3.23. The van der Waals surface area contributed by atoms with Crippen molar-refractivity contribution >= 4 is 11.3 Å². The van der Waals surface area contributed by atoms with E-state index in [2.05, 4.69) is 16.6 Å². The number of thiophene rings is 1. The van der Waals surface area contributed by atoms with Crippen LogP contribution in [0, 0.1) is 6.92 Å². The molecule has 0 saturated heterocycles. The van der Waals surface area contributed by atoms with Gasteiger partial charge in [-0.15, -0.1) is 0 Å². The number of aromatic nitrogens is 1. The fraction of sp³-hybridized carbons (Fsp3) is 0.125. The lowest BCUT2D eigenvalue weighted by atomic mass is 10.1. The third kappa shape index (κ3) is 1.07. The molecule has 0 spiro atoms. The lowest BCUT2D eigenvalue weighted by Crippen LogP contribution is -1.73. The van der Waals surface area contributed by atoms with Crippen molar-refractivity contribution in [1.29, 1.82) is 0 Å². The normalized spacial score (nSPS) is 10.3. The summed E-state index contributed by atoms with van der Waals surface area (Å²) in [6, 6.07) is 2.06. The van der Waals surface area contributed by atoms with Gasteiger partial charge in [0.15, 0.2) is 0 Å². The van der Waals surface area contributed by atoms with Crippen molar-refractivity contribution in [2.75, 3.05) is 0 Å². The Morgan fingerprint density at radius 2 is 2.45 bits per heavy atom. The molecule has 0 amide bonds. The molecule has 11 heavy (non-hydrogen) atoms. The van der Waals surface area contributed by atoms with Crippen LogP contribution in [-0.4, -0.2) is 5.16 Å². The summed E-state index contributed by atoms with van der Waals surface area (Å²) < 4.78 is 4.82. The Morgan fingerprint density at radius 3 is 3.00 bits per heavy atom. The molecule has 0 atom stereocenters. The van der Waals surface area contributed by atoms with E-state index in [0.29, 0.717) is 0 Å². The summed E-state index contributed by atoms with van der Waals surface area (Å²) in [4.78, 5) is 0. The highest BCUT2D eigenvalue weighted by molar-refractivity contribution is 7.08. The molecule has 0 aliphatic heterocycles. The van der Waals surface area contributed by atoms with Crippen LogP contribution in [0.2, 0.25) is 0 Å². The molecule has 0 radical (unpaired) electrons. The fourth-order valence-electron chi connectivity index (χ4n) is 0.987. The van der Waals surface area contributed by atoms with Gasteiger partial charge < -0.3 is 4.52 Å². The highest BCUT2D eigenvalue weighted by atomic mass is 32.1. The average molecular weight is 165 g/mol. The zero-order valence-corrected chi connectivity index (χ0v) is 6.89. The van der Waals surface area contributed by atoms with Crippen molar-refractivity contribution in [3.8, 4) is 11.1 Å². The van der Waals surface area contributed by atoms with Crippen LogP contribution < -0.4 is 0 Å². The lowest BCUT2D eigenvalue weighted by Gasteiger charge is -1.88. The van der Waals surface area contributed by atoms with Gasteiger partial charge in [0.1, 0.15) is 6.26 Å². The van der Waals surface area contributed by atoms with E-state index in [1.165, 1.54) is 5.56 Å².